The highest BCUT2D eigenvalue weighted by Crippen LogP contribution is 2.50. The number of Topliss-reactive ketones (excluding diaryl/α,β-unsaturated/α-hetero) is 1. The Balaban J connectivity index is 1.58. The SMILES string of the molecule is COc1ccc([N+](=O)[O-])cc1N1C(=O)[C@@H]2[C@@H](C1=O)[C@@H](C(=O)c1ccc(C)cc1)N1CCC[C@H]21. The van der Waals surface area contributed by atoms with Crippen LogP contribution in [0.15, 0.2) is 42.5 Å². The van der Waals surface area contributed by atoms with E-state index in [0.29, 0.717) is 12.1 Å². The van der Waals surface area contributed by atoms with E-state index in [2.05, 4.69) is 0 Å². The third-order valence-corrected chi connectivity index (χ3v) is 7.07. The van der Waals surface area contributed by atoms with Gasteiger partial charge in [-0.25, -0.2) is 4.90 Å². The molecule has 2 amide bonds. The molecule has 3 heterocycles. The fourth-order valence-electron chi connectivity index (χ4n) is 5.61. The summed E-state index contributed by atoms with van der Waals surface area (Å²) in [5.41, 5.74) is 1.31. The van der Waals surface area contributed by atoms with Crippen molar-refractivity contribution in [2.24, 2.45) is 11.8 Å². The van der Waals surface area contributed by atoms with Gasteiger partial charge in [0.05, 0.1) is 29.9 Å². The highest BCUT2D eigenvalue weighted by atomic mass is 16.6. The van der Waals surface area contributed by atoms with Crippen molar-refractivity contribution in [1.82, 2.24) is 4.90 Å². The first kappa shape index (κ1) is 21.3. The lowest BCUT2D eigenvalue weighted by Gasteiger charge is -2.28. The standard InChI is InChI=1S/C24H23N3O6/c1-13-5-7-14(8-6-13)22(28)21-20-19(16-4-3-11-25(16)21)23(29)26(24(20)30)17-12-15(27(31)32)9-10-18(17)33-2/h5-10,12,16,19-21H,3-4,11H2,1-2H3/t16-,19+,20-,21+/m1/s1. The second-order valence-electron chi connectivity index (χ2n) is 8.80. The third kappa shape index (κ3) is 3.14. The van der Waals surface area contributed by atoms with Gasteiger partial charge in [-0.2, -0.15) is 0 Å². The van der Waals surface area contributed by atoms with Gasteiger partial charge < -0.3 is 4.74 Å². The molecular weight excluding hydrogens is 426 g/mol. The quantitative estimate of drug-likeness (QED) is 0.299. The van der Waals surface area contributed by atoms with Crippen molar-refractivity contribution in [2.75, 3.05) is 18.6 Å². The van der Waals surface area contributed by atoms with E-state index in [4.69, 9.17) is 4.74 Å². The Hall–Kier alpha value is -3.59. The van der Waals surface area contributed by atoms with Crippen LogP contribution in [0.2, 0.25) is 0 Å². The number of carbonyl (C=O) groups excluding carboxylic acids is 3. The van der Waals surface area contributed by atoms with E-state index < -0.39 is 34.6 Å². The molecule has 3 saturated heterocycles. The number of rotatable bonds is 5. The van der Waals surface area contributed by atoms with Gasteiger partial charge in [0.15, 0.2) is 5.78 Å². The molecule has 33 heavy (non-hydrogen) atoms. The summed E-state index contributed by atoms with van der Waals surface area (Å²) in [4.78, 5) is 54.6. The van der Waals surface area contributed by atoms with Gasteiger partial charge in [-0.15, -0.1) is 0 Å². The minimum Gasteiger partial charge on any atom is -0.495 e. The molecule has 2 aromatic carbocycles. The molecule has 170 valence electrons. The predicted molar refractivity (Wildman–Crippen MR) is 118 cm³/mol. The molecule has 0 saturated carbocycles. The number of non-ortho nitro benzene ring substituents is 1. The van der Waals surface area contributed by atoms with Crippen LogP contribution < -0.4 is 9.64 Å². The van der Waals surface area contributed by atoms with Crippen LogP contribution in [0.1, 0.15) is 28.8 Å². The zero-order chi connectivity index (χ0) is 23.4. The monoisotopic (exact) mass is 449 g/mol. The van der Waals surface area contributed by atoms with Gasteiger partial charge in [0.25, 0.3) is 5.69 Å². The maximum absolute atomic E-state index is 13.7. The number of nitrogens with zero attached hydrogens (tertiary/aromatic N) is 3. The molecular formula is C24H23N3O6. The van der Waals surface area contributed by atoms with E-state index in [0.717, 1.165) is 23.3 Å². The van der Waals surface area contributed by atoms with Crippen molar-refractivity contribution in [3.05, 3.63) is 63.7 Å². The molecule has 9 nitrogen and oxygen atoms in total. The summed E-state index contributed by atoms with van der Waals surface area (Å²) in [6, 6.07) is 10.1. The second-order valence-corrected chi connectivity index (χ2v) is 8.80. The molecule has 3 aliphatic heterocycles. The van der Waals surface area contributed by atoms with E-state index in [1.54, 1.807) is 12.1 Å². The molecule has 0 spiro atoms. The van der Waals surface area contributed by atoms with E-state index in [1.165, 1.54) is 25.3 Å². The lowest BCUT2D eigenvalue weighted by atomic mass is 9.85. The summed E-state index contributed by atoms with van der Waals surface area (Å²) in [5, 5.41) is 11.3. The Morgan fingerprint density at radius 3 is 2.45 bits per heavy atom. The molecule has 0 aromatic heterocycles. The van der Waals surface area contributed by atoms with Crippen LogP contribution in [0.25, 0.3) is 0 Å². The zero-order valence-electron chi connectivity index (χ0n) is 18.3. The van der Waals surface area contributed by atoms with Gasteiger partial charge in [0.2, 0.25) is 11.8 Å². The maximum atomic E-state index is 13.7. The first-order chi connectivity index (χ1) is 15.8. The van der Waals surface area contributed by atoms with Crippen molar-refractivity contribution >= 4 is 29.0 Å². The third-order valence-electron chi connectivity index (χ3n) is 7.07. The number of aryl methyl sites for hydroxylation is 1. The Labute approximate surface area is 190 Å². The van der Waals surface area contributed by atoms with Crippen LogP contribution in [-0.4, -0.2) is 53.2 Å². The fraction of sp³-hybridized carbons (Fsp3) is 0.375. The Morgan fingerprint density at radius 2 is 1.79 bits per heavy atom. The number of benzene rings is 2. The smallest absolute Gasteiger partial charge is 0.271 e. The Bertz CT molecular complexity index is 1180. The minimum atomic E-state index is -0.833. The van der Waals surface area contributed by atoms with Crippen LogP contribution in [-0.2, 0) is 9.59 Å². The molecule has 3 fully saturated rings. The molecule has 0 bridgehead atoms. The summed E-state index contributed by atoms with van der Waals surface area (Å²) in [6.07, 6.45) is 1.56. The van der Waals surface area contributed by atoms with Gasteiger partial charge >= 0.3 is 0 Å². The van der Waals surface area contributed by atoms with Crippen LogP contribution in [0.3, 0.4) is 0 Å². The number of nitro groups is 1. The largest absolute Gasteiger partial charge is 0.495 e. The Morgan fingerprint density at radius 1 is 1.09 bits per heavy atom. The lowest BCUT2D eigenvalue weighted by molar-refractivity contribution is -0.384. The molecule has 9 heteroatoms. The van der Waals surface area contributed by atoms with E-state index in [1.807, 2.05) is 24.0 Å². The van der Waals surface area contributed by atoms with Gasteiger partial charge in [-0.05, 0) is 32.4 Å². The summed E-state index contributed by atoms with van der Waals surface area (Å²) < 4.78 is 5.31. The molecule has 0 radical (unpaired) electrons. The second kappa shape index (κ2) is 7.77. The van der Waals surface area contributed by atoms with Crippen LogP contribution >= 0.6 is 0 Å². The van der Waals surface area contributed by atoms with Crippen LogP contribution in [0.5, 0.6) is 5.75 Å². The average Bonchev–Trinajstić information content (AvgIpc) is 3.45. The van der Waals surface area contributed by atoms with Crippen molar-refractivity contribution in [3.63, 3.8) is 0 Å². The number of ketones is 1. The number of hydrogen-bond donors (Lipinski definition) is 0. The number of ether oxygens (including phenoxy) is 1. The van der Waals surface area contributed by atoms with Crippen LogP contribution in [0, 0.1) is 28.9 Å². The van der Waals surface area contributed by atoms with Crippen LogP contribution in [0.4, 0.5) is 11.4 Å². The molecule has 5 rings (SSSR count). The summed E-state index contributed by atoms with van der Waals surface area (Å²) >= 11 is 0. The topological polar surface area (TPSA) is 110 Å². The van der Waals surface area contributed by atoms with E-state index in [-0.39, 0.29) is 28.9 Å². The maximum Gasteiger partial charge on any atom is 0.271 e. The molecule has 3 aliphatic rings. The number of imide groups is 1. The first-order valence-corrected chi connectivity index (χ1v) is 10.9. The number of fused-ring (bicyclic) bond motifs is 3. The number of anilines is 1. The molecule has 0 unspecified atom stereocenters. The molecule has 2 aromatic rings. The summed E-state index contributed by atoms with van der Waals surface area (Å²) in [6.45, 7) is 2.58. The first-order valence-electron chi connectivity index (χ1n) is 10.9. The van der Waals surface area contributed by atoms with E-state index in [9.17, 15) is 24.5 Å². The number of nitro benzene ring substituents is 1. The number of amides is 2. The van der Waals surface area contributed by atoms with E-state index >= 15 is 0 Å². The Kier molecular flexibility index (Phi) is 5.01. The number of methoxy groups -OCH3 is 1. The van der Waals surface area contributed by atoms with Gasteiger partial charge in [0, 0.05) is 23.7 Å². The van der Waals surface area contributed by atoms with Gasteiger partial charge in [-0.3, -0.25) is 29.4 Å². The average molecular weight is 449 g/mol. The lowest BCUT2D eigenvalue weighted by Crippen LogP contribution is -2.46. The predicted octanol–water partition coefficient (Wildman–Crippen LogP) is 2.75. The van der Waals surface area contributed by atoms with Crippen molar-refractivity contribution in [3.8, 4) is 5.75 Å². The van der Waals surface area contributed by atoms with Crippen molar-refractivity contribution in [2.45, 2.75) is 31.8 Å². The zero-order valence-corrected chi connectivity index (χ0v) is 18.3. The molecule has 4 atom stereocenters. The van der Waals surface area contributed by atoms with Gasteiger partial charge in [-0.1, -0.05) is 29.8 Å². The highest BCUT2D eigenvalue weighted by molar-refractivity contribution is 6.25. The molecule has 0 N–H and O–H groups in total. The van der Waals surface area contributed by atoms with Crippen molar-refractivity contribution < 1.29 is 24.0 Å². The summed E-state index contributed by atoms with van der Waals surface area (Å²) in [5.74, 6) is -2.43. The molecule has 0 aliphatic carbocycles. The fourth-order valence-corrected chi connectivity index (χ4v) is 5.61. The highest BCUT2D eigenvalue weighted by Gasteiger charge is 2.65. The number of carbonyl (C=O) groups is 3. The minimum absolute atomic E-state index is 0.0437. The van der Waals surface area contributed by atoms with Crippen molar-refractivity contribution in [1.29, 1.82) is 0 Å². The van der Waals surface area contributed by atoms with Gasteiger partial charge in [0.1, 0.15) is 11.4 Å². The summed E-state index contributed by atoms with van der Waals surface area (Å²) in [7, 11) is 1.37. The number of hydrogen-bond acceptors (Lipinski definition) is 7. The normalized spacial score (nSPS) is 26.4.